The van der Waals surface area contributed by atoms with E-state index in [1.807, 2.05) is 12.1 Å². The van der Waals surface area contributed by atoms with E-state index in [9.17, 15) is 4.79 Å². The fourth-order valence-corrected chi connectivity index (χ4v) is 3.69. The van der Waals surface area contributed by atoms with Crippen molar-refractivity contribution in [2.24, 2.45) is 11.8 Å². The molecule has 1 amide bonds. The molecular formula is C18H29N2O+. The highest BCUT2D eigenvalue weighted by Crippen LogP contribution is 2.14. The van der Waals surface area contributed by atoms with Gasteiger partial charge in [0.25, 0.3) is 0 Å². The third kappa shape index (κ3) is 5.16. The second-order valence-electron chi connectivity index (χ2n) is 7.03. The normalized spacial score (nSPS) is 25.6. The van der Waals surface area contributed by atoms with Crippen LogP contribution >= 0.6 is 0 Å². The quantitative estimate of drug-likeness (QED) is 0.875. The van der Waals surface area contributed by atoms with E-state index in [-0.39, 0.29) is 5.91 Å². The first-order valence-electron chi connectivity index (χ1n) is 8.14. The molecule has 1 aliphatic rings. The number of anilines is 1. The molecule has 3 atom stereocenters. The van der Waals surface area contributed by atoms with Crippen LogP contribution in [0.2, 0.25) is 0 Å². The fraction of sp³-hybridized carbons (Fsp3) is 0.611. The summed E-state index contributed by atoms with van der Waals surface area (Å²) in [6.07, 6.45) is 1.94. The minimum atomic E-state index is 0.137. The van der Waals surface area contributed by atoms with Crippen LogP contribution in [0.4, 0.5) is 5.69 Å². The lowest BCUT2D eigenvalue weighted by Gasteiger charge is -2.31. The number of rotatable bonds is 4. The lowest BCUT2D eigenvalue weighted by atomic mass is 9.92. The molecule has 2 N–H and O–H groups in total. The van der Waals surface area contributed by atoms with Crippen molar-refractivity contribution in [3.63, 3.8) is 0 Å². The van der Waals surface area contributed by atoms with Crippen molar-refractivity contribution in [1.82, 2.24) is 0 Å². The molecule has 0 bridgehead atoms. The van der Waals surface area contributed by atoms with Crippen LogP contribution in [0.5, 0.6) is 0 Å². The van der Waals surface area contributed by atoms with Gasteiger partial charge in [-0.25, -0.2) is 0 Å². The zero-order valence-electron chi connectivity index (χ0n) is 13.8. The maximum Gasteiger partial charge on any atom is 0.230 e. The van der Waals surface area contributed by atoms with Crippen molar-refractivity contribution in [2.75, 3.05) is 25.0 Å². The van der Waals surface area contributed by atoms with Gasteiger partial charge in [-0.1, -0.05) is 19.9 Å². The van der Waals surface area contributed by atoms with Crippen LogP contribution in [0.15, 0.2) is 18.2 Å². The summed E-state index contributed by atoms with van der Waals surface area (Å²) in [7, 11) is 0. The van der Waals surface area contributed by atoms with E-state index < -0.39 is 0 Å². The Morgan fingerprint density at radius 2 is 1.71 bits per heavy atom. The Kier molecular flexibility index (Phi) is 5.40. The Morgan fingerprint density at radius 1 is 1.14 bits per heavy atom. The van der Waals surface area contributed by atoms with E-state index >= 15 is 0 Å². The summed E-state index contributed by atoms with van der Waals surface area (Å²) >= 11 is 0. The molecule has 0 saturated carbocycles. The standard InChI is InChI=1S/C18H28N2O/c1-13-7-14(2)10-17(9-13)19-18(21)5-6-20-11-15(3)8-16(4)12-20/h7,9-10,15-16H,5-6,8,11-12H2,1-4H3,(H,19,21)/p+1/t15-,16+. The lowest BCUT2D eigenvalue weighted by molar-refractivity contribution is -0.911. The van der Waals surface area contributed by atoms with Crippen molar-refractivity contribution < 1.29 is 9.69 Å². The van der Waals surface area contributed by atoms with Gasteiger partial charge in [0.2, 0.25) is 5.91 Å². The van der Waals surface area contributed by atoms with Crippen molar-refractivity contribution in [3.8, 4) is 0 Å². The zero-order valence-corrected chi connectivity index (χ0v) is 13.8. The summed E-state index contributed by atoms with van der Waals surface area (Å²) in [6.45, 7) is 12.1. The molecule has 0 aliphatic carbocycles. The van der Waals surface area contributed by atoms with E-state index in [4.69, 9.17) is 0 Å². The average Bonchev–Trinajstić information content (AvgIpc) is 2.34. The van der Waals surface area contributed by atoms with Crippen LogP contribution in [-0.4, -0.2) is 25.5 Å². The number of benzene rings is 1. The Bertz CT molecular complexity index is 468. The van der Waals surface area contributed by atoms with Gasteiger partial charge < -0.3 is 10.2 Å². The first kappa shape index (κ1) is 16.0. The SMILES string of the molecule is Cc1cc(C)cc(NC(=O)CC[NH+]2C[C@H](C)C[C@H](C)C2)c1. The van der Waals surface area contributed by atoms with Gasteiger partial charge in [-0.15, -0.1) is 0 Å². The summed E-state index contributed by atoms with van der Waals surface area (Å²) in [6, 6.07) is 6.18. The van der Waals surface area contributed by atoms with Crippen LogP contribution < -0.4 is 10.2 Å². The minimum absolute atomic E-state index is 0.137. The molecule has 1 heterocycles. The van der Waals surface area contributed by atoms with E-state index in [0.717, 1.165) is 24.1 Å². The molecule has 3 nitrogen and oxygen atoms in total. The molecule has 1 aromatic carbocycles. The Labute approximate surface area is 128 Å². The van der Waals surface area contributed by atoms with E-state index in [0.29, 0.717) is 6.42 Å². The number of hydrogen-bond acceptors (Lipinski definition) is 1. The summed E-state index contributed by atoms with van der Waals surface area (Å²) in [4.78, 5) is 13.7. The topological polar surface area (TPSA) is 33.5 Å². The average molecular weight is 289 g/mol. The second kappa shape index (κ2) is 7.08. The number of aryl methyl sites for hydroxylation is 2. The third-order valence-electron chi connectivity index (χ3n) is 4.29. The molecule has 2 rings (SSSR count). The molecule has 1 fully saturated rings. The van der Waals surface area contributed by atoms with Gasteiger partial charge in [0.1, 0.15) is 0 Å². The molecule has 116 valence electrons. The van der Waals surface area contributed by atoms with Crippen LogP contribution in [0.25, 0.3) is 0 Å². The maximum absolute atomic E-state index is 12.1. The minimum Gasteiger partial charge on any atom is -0.334 e. The van der Waals surface area contributed by atoms with Gasteiger partial charge in [-0.05, 0) is 43.5 Å². The molecule has 0 aromatic heterocycles. The highest BCUT2D eigenvalue weighted by atomic mass is 16.1. The van der Waals surface area contributed by atoms with Crippen molar-refractivity contribution in [1.29, 1.82) is 0 Å². The zero-order chi connectivity index (χ0) is 15.4. The largest absolute Gasteiger partial charge is 0.334 e. The predicted molar refractivity (Wildman–Crippen MR) is 87.7 cm³/mol. The summed E-state index contributed by atoms with van der Waals surface area (Å²) in [5, 5.41) is 3.03. The van der Waals surface area contributed by atoms with E-state index in [1.54, 1.807) is 4.90 Å². The molecule has 1 aromatic rings. The molecule has 21 heavy (non-hydrogen) atoms. The van der Waals surface area contributed by atoms with Crippen LogP contribution in [0.3, 0.4) is 0 Å². The van der Waals surface area contributed by atoms with Crippen molar-refractivity contribution >= 4 is 11.6 Å². The Hall–Kier alpha value is -1.35. The van der Waals surface area contributed by atoms with Crippen LogP contribution in [-0.2, 0) is 4.79 Å². The first-order chi connectivity index (χ1) is 9.92. The Balaban J connectivity index is 1.82. The van der Waals surface area contributed by atoms with Crippen LogP contribution in [0.1, 0.15) is 37.8 Å². The number of carbonyl (C=O) groups excluding carboxylic acids is 1. The molecule has 1 unspecified atom stereocenters. The number of hydrogen-bond donors (Lipinski definition) is 2. The second-order valence-corrected chi connectivity index (χ2v) is 7.03. The molecule has 1 aliphatic heterocycles. The van der Waals surface area contributed by atoms with E-state index in [1.165, 1.54) is 30.6 Å². The number of carbonyl (C=O) groups is 1. The Morgan fingerprint density at radius 3 is 2.29 bits per heavy atom. The lowest BCUT2D eigenvalue weighted by Crippen LogP contribution is -3.14. The van der Waals surface area contributed by atoms with Gasteiger partial charge in [0.15, 0.2) is 0 Å². The van der Waals surface area contributed by atoms with Gasteiger partial charge in [-0.3, -0.25) is 4.79 Å². The molecule has 1 saturated heterocycles. The number of quaternary nitrogens is 1. The van der Waals surface area contributed by atoms with Gasteiger partial charge in [0.05, 0.1) is 26.1 Å². The highest BCUT2D eigenvalue weighted by Gasteiger charge is 2.25. The monoisotopic (exact) mass is 289 g/mol. The fourth-order valence-electron chi connectivity index (χ4n) is 3.69. The number of nitrogens with one attached hydrogen (secondary N) is 2. The first-order valence-corrected chi connectivity index (χ1v) is 8.14. The maximum atomic E-state index is 12.1. The van der Waals surface area contributed by atoms with Crippen molar-refractivity contribution in [2.45, 2.75) is 40.5 Å². The number of amides is 1. The summed E-state index contributed by atoms with van der Waals surface area (Å²) in [5.41, 5.74) is 3.30. The molecule has 0 spiro atoms. The molecule has 3 heteroatoms. The van der Waals surface area contributed by atoms with E-state index in [2.05, 4.69) is 39.1 Å². The van der Waals surface area contributed by atoms with Gasteiger partial charge in [-0.2, -0.15) is 0 Å². The van der Waals surface area contributed by atoms with Crippen molar-refractivity contribution in [3.05, 3.63) is 29.3 Å². The van der Waals surface area contributed by atoms with Gasteiger partial charge in [0, 0.05) is 17.5 Å². The number of piperidine rings is 1. The molecule has 0 radical (unpaired) electrons. The summed E-state index contributed by atoms with van der Waals surface area (Å²) < 4.78 is 0. The highest BCUT2D eigenvalue weighted by molar-refractivity contribution is 5.90. The predicted octanol–water partition coefficient (Wildman–Crippen LogP) is 2.19. The van der Waals surface area contributed by atoms with Crippen LogP contribution in [0, 0.1) is 25.7 Å². The summed E-state index contributed by atoms with van der Waals surface area (Å²) in [5.74, 6) is 1.70. The molecular weight excluding hydrogens is 260 g/mol. The number of likely N-dealkylation sites (tertiary alicyclic amines) is 1. The van der Waals surface area contributed by atoms with Gasteiger partial charge >= 0.3 is 0 Å². The smallest absolute Gasteiger partial charge is 0.230 e. The third-order valence-corrected chi connectivity index (χ3v) is 4.29.